The zero-order chi connectivity index (χ0) is 18.1. The molecular weight excluding hydrogens is 320 g/mol. The minimum absolute atomic E-state index is 0.0358. The summed E-state index contributed by atoms with van der Waals surface area (Å²) < 4.78 is 5.70. The lowest BCUT2D eigenvalue weighted by atomic mass is 9.92. The van der Waals surface area contributed by atoms with E-state index in [1.807, 2.05) is 26.8 Å². The first kappa shape index (κ1) is 17.5. The number of likely N-dealkylation sites (tertiary alicyclic amines) is 2. The molecule has 3 amide bonds. The number of piperidine rings is 1. The molecule has 3 heterocycles. The summed E-state index contributed by atoms with van der Waals surface area (Å²) >= 11 is 0. The second-order valence-electron chi connectivity index (χ2n) is 7.19. The number of aryl methyl sites for hydroxylation is 1. The average Bonchev–Trinajstić information content (AvgIpc) is 2.84. The third kappa shape index (κ3) is 3.55. The van der Waals surface area contributed by atoms with Crippen molar-refractivity contribution < 1.29 is 14.3 Å². The second-order valence-corrected chi connectivity index (χ2v) is 7.19. The Hall–Kier alpha value is -2.31. The van der Waals surface area contributed by atoms with Gasteiger partial charge in [-0.3, -0.25) is 4.79 Å². The summed E-state index contributed by atoms with van der Waals surface area (Å²) in [6.07, 6.45) is 3.38. The van der Waals surface area contributed by atoms with Gasteiger partial charge >= 0.3 is 6.03 Å². The third-order valence-electron chi connectivity index (χ3n) is 4.77. The van der Waals surface area contributed by atoms with E-state index < -0.39 is 0 Å². The predicted octanol–water partition coefficient (Wildman–Crippen LogP) is 2.26. The highest BCUT2D eigenvalue weighted by Crippen LogP contribution is 2.32. The van der Waals surface area contributed by atoms with Crippen LogP contribution in [0.15, 0.2) is 12.3 Å². The molecule has 2 aliphatic rings. The van der Waals surface area contributed by atoms with E-state index in [4.69, 9.17) is 4.74 Å². The number of ether oxygens (including phenoxy) is 1. The van der Waals surface area contributed by atoms with Crippen LogP contribution < -0.4 is 10.1 Å². The van der Waals surface area contributed by atoms with Gasteiger partial charge in [0.1, 0.15) is 5.69 Å². The molecule has 25 heavy (non-hydrogen) atoms. The summed E-state index contributed by atoms with van der Waals surface area (Å²) in [5.41, 5.74) is 1.51. The number of nitrogens with zero attached hydrogens (tertiary/aromatic N) is 3. The van der Waals surface area contributed by atoms with Gasteiger partial charge in [-0.25, -0.2) is 9.78 Å². The van der Waals surface area contributed by atoms with Gasteiger partial charge in [0, 0.05) is 26.3 Å². The Kier molecular flexibility index (Phi) is 4.83. The first-order chi connectivity index (χ1) is 11.9. The Morgan fingerprint density at radius 1 is 1.44 bits per heavy atom. The van der Waals surface area contributed by atoms with Crippen LogP contribution in [0.25, 0.3) is 0 Å². The lowest BCUT2D eigenvalue weighted by Gasteiger charge is -2.35. The van der Waals surface area contributed by atoms with Gasteiger partial charge in [0.2, 0.25) is 11.8 Å². The molecule has 0 radical (unpaired) electrons. The van der Waals surface area contributed by atoms with Crippen LogP contribution in [0.5, 0.6) is 5.88 Å². The molecule has 1 aromatic rings. The Labute approximate surface area is 148 Å². The number of carbonyl (C=O) groups is 2. The van der Waals surface area contributed by atoms with Crippen molar-refractivity contribution in [3.05, 3.63) is 17.8 Å². The van der Waals surface area contributed by atoms with Crippen LogP contribution in [-0.4, -0.2) is 59.0 Å². The fourth-order valence-electron chi connectivity index (χ4n) is 3.63. The van der Waals surface area contributed by atoms with Crippen molar-refractivity contribution in [3.8, 4) is 5.88 Å². The van der Waals surface area contributed by atoms with E-state index in [0.717, 1.165) is 18.4 Å². The predicted molar refractivity (Wildman–Crippen MR) is 94.6 cm³/mol. The lowest BCUT2D eigenvalue weighted by Crippen LogP contribution is -2.50. The van der Waals surface area contributed by atoms with Crippen LogP contribution >= 0.6 is 0 Å². The van der Waals surface area contributed by atoms with Gasteiger partial charge in [-0.2, -0.15) is 0 Å². The summed E-state index contributed by atoms with van der Waals surface area (Å²) in [5, 5.41) is 2.94. The number of nitrogens with one attached hydrogen (secondary N) is 1. The largest absolute Gasteiger partial charge is 0.473 e. The van der Waals surface area contributed by atoms with Gasteiger partial charge in [-0.15, -0.1) is 0 Å². The van der Waals surface area contributed by atoms with Crippen molar-refractivity contribution in [2.24, 2.45) is 5.92 Å². The number of fused-ring (bicyclic) bond motifs is 1. The number of hydrogen-bond acceptors (Lipinski definition) is 4. The van der Waals surface area contributed by atoms with Gasteiger partial charge in [0.05, 0.1) is 18.1 Å². The standard InChI is InChI=1S/C18H26N4O3/c1-11(2)25-16-14(8-12(3)9-19-16)20-18(24)22-7-5-6-13-15(22)10-21(4)17(13)23/h8-9,11,13,15H,5-7,10H2,1-4H3,(H,20,24)/t13-,15-/m1/s1. The highest BCUT2D eigenvalue weighted by atomic mass is 16.5. The fraction of sp³-hybridized carbons (Fsp3) is 0.611. The zero-order valence-corrected chi connectivity index (χ0v) is 15.3. The highest BCUT2D eigenvalue weighted by molar-refractivity contribution is 5.92. The summed E-state index contributed by atoms with van der Waals surface area (Å²) in [7, 11) is 1.80. The molecule has 0 aliphatic carbocycles. The molecule has 2 aliphatic heterocycles. The Bertz CT molecular complexity index is 676. The summed E-state index contributed by atoms with van der Waals surface area (Å²) in [6, 6.07) is 1.60. The van der Waals surface area contributed by atoms with E-state index in [-0.39, 0.29) is 30.0 Å². The Balaban J connectivity index is 1.78. The molecule has 1 aromatic heterocycles. The molecule has 2 atom stereocenters. The number of pyridine rings is 1. The van der Waals surface area contributed by atoms with Gasteiger partial charge in [-0.1, -0.05) is 0 Å². The van der Waals surface area contributed by atoms with Crippen molar-refractivity contribution in [2.45, 2.75) is 45.8 Å². The van der Waals surface area contributed by atoms with Gasteiger partial charge in [0.25, 0.3) is 0 Å². The summed E-state index contributed by atoms with van der Waals surface area (Å²) in [4.78, 5) is 32.9. The molecule has 7 heteroatoms. The quantitative estimate of drug-likeness (QED) is 0.911. The maximum atomic E-state index is 12.9. The smallest absolute Gasteiger partial charge is 0.322 e. The van der Waals surface area contributed by atoms with E-state index in [1.165, 1.54) is 0 Å². The van der Waals surface area contributed by atoms with Crippen molar-refractivity contribution in [1.82, 2.24) is 14.8 Å². The molecule has 0 unspecified atom stereocenters. The number of carbonyl (C=O) groups excluding carboxylic acids is 2. The van der Waals surface area contributed by atoms with Crippen LogP contribution in [0.1, 0.15) is 32.3 Å². The number of hydrogen-bond donors (Lipinski definition) is 1. The maximum absolute atomic E-state index is 12.9. The SMILES string of the molecule is Cc1cnc(OC(C)C)c(NC(=O)N2CCC[C@H]3C(=O)N(C)C[C@H]32)c1. The molecule has 0 spiro atoms. The first-order valence-corrected chi connectivity index (χ1v) is 8.82. The van der Waals surface area contributed by atoms with Crippen LogP contribution in [0.2, 0.25) is 0 Å². The van der Waals surface area contributed by atoms with Crippen molar-refractivity contribution in [1.29, 1.82) is 0 Å². The molecular formula is C18H26N4O3. The lowest BCUT2D eigenvalue weighted by molar-refractivity contribution is -0.130. The molecule has 136 valence electrons. The number of likely N-dealkylation sites (N-methyl/N-ethyl adjacent to an activating group) is 1. The van der Waals surface area contributed by atoms with Gasteiger partial charge < -0.3 is 19.9 Å². The fourth-order valence-corrected chi connectivity index (χ4v) is 3.63. The summed E-state index contributed by atoms with van der Waals surface area (Å²) in [6.45, 7) is 7.01. The van der Waals surface area contributed by atoms with E-state index in [1.54, 1.807) is 23.0 Å². The Morgan fingerprint density at radius 3 is 2.92 bits per heavy atom. The van der Waals surface area contributed by atoms with Crippen molar-refractivity contribution >= 4 is 17.6 Å². The third-order valence-corrected chi connectivity index (χ3v) is 4.77. The Morgan fingerprint density at radius 2 is 2.20 bits per heavy atom. The average molecular weight is 346 g/mol. The molecule has 2 fully saturated rings. The number of urea groups is 1. The first-order valence-electron chi connectivity index (χ1n) is 8.82. The molecule has 7 nitrogen and oxygen atoms in total. The van der Waals surface area contributed by atoms with Crippen molar-refractivity contribution in [2.75, 3.05) is 25.5 Å². The van der Waals surface area contributed by atoms with Gasteiger partial charge in [-0.05, 0) is 45.2 Å². The monoisotopic (exact) mass is 346 g/mol. The molecule has 0 saturated carbocycles. The van der Waals surface area contributed by atoms with Crippen LogP contribution in [0, 0.1) is 12.8 Å². The van der Waals surface area contributed by atoms with Gasteiger partial charge in [0.15, 0.2) is 0 Å². The van der Waals surface area contributed by atoms with Crippen LogP contribution in [0.3, 0.4) is 0 Å². The molecule has 2 saturated heterocycles. The number of rotatable bonds is 3. The zero-order valence-electron chi connectivity index (χ0n) is 15.3. The van der Waals surface area contributed by atoms with Crippen LogP contribution in [0.4, 0.5) is 10.5 Å². The van der Waals surface area contributed by atoms with E-state index >= 15 is 0 Å². The number of anilines is 1. The minimum Gasteiger partial charge on any atom is -0.473 e. The normalized spacial score (nSPS) is 23.0. The minimum atomic E-state index is -0.196. The highest BCUT2D eigenvalue weighted by Gasteiger charge is 2.45. The van der Waals surface area contributed by atoms with E-state index in [9.17, 15) is 9.59 Å². The number of aromatic nitrogens is 1. The molecule has 0 bridgehead atoms. The van der Waals surface area contributed by atoms with Crippen LogP contribution in [-0.2, 0) is 4.79 Å². The number of amides is 3. The topological polar surface area (TPSA) is 74.8 Å². The second kappa shape index (κ2) is 6.90. The molecule has 3 rings (SSSR count). The molecule has 0 aromatic carbocycles. The van der Waals surface area contributed by atoms with E-state index in [0.29, 0.717) is 24.7 Å². The maximum Gasteiger partial charge on any atom is 0.322 e. The summed E-state index contributed by atoms with van der Waals surface area (Å²) in [5.74, 6) is 0.484. The van der Waals surface area contributed by atoms with E-state index in [2.05, 4.69) is 10.3 Å². The van der Waals surface area contributed by atoms with Crippen molar-refractivity contribution in [3.63, 3.8) is 0 Å². The molecule has 1 N–H and O–H groups in total.